The molecule has 0 saturated heterocycles. The first-order valence-electron chi connectivity index (χ1n) is 3.15. The van der Waals surface area contributed by atoms with Gasteiger partial charge < -0.3 is 0 Å². The molecule has 0 rings (SSSR count). The Morgan fingerprint density at radius 1 is 1.22 bits per heavy atom. The fraction of sp³-hybridized carbons (Fsp3) is 1.00. The van der Waals surface area contributed by atoms with Crippen LogP contribution in [-0.4, -0.2) is 0 Å². The maximum atomic E-state index is 2.37. The summed E-state index contributed by atoms with van der Waals surface area (Å²) in [6.45, 7) is 6.74. The molecule has 0 heterocycles. The van der Waals surface area contributed by atoms with E-state index in [-0.39, 0.29) is 0 Å². The average molecular weight is 391 g/mol. The van der Waals surface area contributed by atoms with Crippen molar-refractivity contribution < 1.29 is 9.47 Å². The van der Waals surface area contributed by atoms with Crippen molar-refractivity contribution >= 4 is 40.0 Å². The molecule has 0 aliphatic rings. The summed E-state index contributed by atoms with van der Waals surface area (Å²) in [5, 5.41) is 0. The average Bonchev–Trinajstić information content (AvgIpc) is 1.88. The number of hydrogen-bond donors (Lipinski definition) is 0. The first-order valence-corrected chi connectivity index (χ1v) is 12.2. The monoisotopic (exact) mass is 391 g/mol. The van der Waals surface area contributed by atoms with E-state index >= 15 is 0 Å². The van der Waals surface area contributed by atoms with Gasteiger partial charge in [0.15, 0.2) is 0 Å². The standard InChI is InChI=1S/C6H14.2HI.V/c1-4-6(3)5-2;;;/h6H,4-5H2,1-3H3;2*1H;/q;;;+2/p-2. The molecule has 0 aliphatic heterocycles. The zero-order chi connectivity index (χ0) is 7.70. The third-order valence-corrected chi connectivity index (χ3v) is 1.39. The molecule has 0 aromatic carbocycles. The van der Waals surface area contributed by atoms with Gasteiger partial charge in [0.2, 0.25) is 0 Å². The first-order chi connectivity index (χ1) is 4.22. The molecule has 0 amide bonds. The van der Waals surface area contributed by atoms with Crippen molar-refractivity contribution in [2.75, 3.05) is 0 Å². The molecule has 0 spiro atoms. The predicted octanol–water partition coefficient (Wildman–Crippen LogP) is 4.21. The molecule has 3 heteroatoms. The van der Waals surface area contributed by atoms with Crippen molar-refractivity contribution in [2.24, 2.45) is 5.92 Å². The summed E-state index contributed by atoms with van der Waals surface area (Å²) in [4.78, 5) is 0. The summed E-state index contributed by atoms with van der Waals surface area (Å²) in [6, 6.07) is 0. The number of halogens is 2. The molecule has 0 aromatic rings. The van der Waals surface area contributed by atoms with E-state index in [1.54, 1.807) is 0 Å². The Morgan fingerprint density at radius 2 is 1.44 bits per heavy atom. The van der Waals surface area contributed by atoms with E-state index in [9.17, 15) is 0 Å². The minimum atomic E-state index is 0.628. The van der Waals surface area contributed by atoms with Crippen LogP contribution < -0.4 is 0 Å². The maximum absolute atomic E-state index is 2.37. The molecule has 0 N–H and O–H groups in total. The fourth-order valence-corrected chi connectivity index (χ4v) is 0.289. The minimum absolute atomic E-state index is 0.628. The summed E-state index contributed by atoms with van der Waals surface area (Å²) in [7, 11) is 0.628. The van der Waals surface area contributed by atoms with Crippen molar-refractivity contribution in [3.8, 4) is 0 Å². The van der Waals surface area contributed by atoms with Crippen LogP contribution in [0.15, 0.2) is 0 Å². The Kier molecular flexibility index (Phi) is 19.2. The van der Waals surface area contributed by atoms with Gasteiger partial charge >= 0.3 is 49.4 Å². The van der Waals surface area contributed by atoms with E-state index in [1.165, 1.54) is 12.8 Å². The summed E-state index contributed by atoms with van der Waals surface area (Å²) in [5.41, 5.74) is 0. The van der Waals surface area contributed by atoms with Gasteiger partial charge in [0.05, 0.1) is 0 Å². The zero-order valence-electron chi connectivity index (χ0n) is 6.19. The normalized spacial score (nSPS) is 8.22. The van der Waals surface area contributed by atoms with Crippen molar-refractivity contribution in [2.45, 2.75) is 33.6 Å². The molecule has 57 valence electrons. The van der Waals surface area contributed by atoms with Crippen molar-refractivity contribution in [1.82, 2.24) is 0 Å². The molecule has 0 nitrogen and oxygen atoms in total. The molecular formula is C6H14I2V. The van der Waals surface area contributed by atoms with Crippen LogP contribution in [0, 0.1) is 5.92 Å². The molecule has 0 aromatic heterocycles. The zero-order valence-corrected chi connectivity index (χ0v) is 11.9. The fourth-order valence-electron chi connectivity index (χ4n) is 0.289. The van der Waals surface area contributed by atoms with Crippen LogP contribution in [0.5, 0.6) is 0 Å². The molecular weight excluding hydrogens is 377 g/mol. The molecule has 0 saturated carbocycles. The van der Waals surface area contributed by atoms with Crippen molar-refractivity contribution in [1.29, 1.82) is 0 Å². The molecule has 0 unspecified atom stereocenters. The Bertz CT molecular complexity index is 38.0. The van der Waals surface area contributed by atoms with Crippen LogP contribution in [0.3, 0.4) is 0 Å². The first kappa shape index (κ1) is 13.6. The van der Waals surface area contributed by atoms with Crippen LogP contribution in [-0.2, 0) is 9.47 Å². The van der Waals surface area contributed by atoms with E-state index in [1.807, 2.05) is 0 Å². The summed E-state index contributed by atoms with van der Waals surface area (Å²) in [6.07, 6.45) is 2.66. The molecule has 0 atom stereocenters. The van der Waals surface area contributed by atoms with Gasteiger partial charge in [-0.05, 0) is 5.92 Å². The molecule has 0 aliphatic carbocycles. The summed E-state index contributed by atoms with van der Waals surface area (Å²) in [5.74, 6) is 0.935. The second-order valence-electron chi connectivity index (χ2n) is 1.99. The van der Waals surface area contributed by atoms with Gasteiger partial charge in [-0.25, -0.2) is 0 Å². The van der Waals surface area contributed by atoms with Crippen LogP contribution in [0.2, 0.25) is 0 Å². The van der Waals surface area contributed by atoms with E-state index < -0.39 is 0 Å². The third-order valence-electron chi connectivity index (χ3n) is 1.39. The third kappa shape index (κ3) is 17.8. The predicted molar refractivity (Wildman–Crippen MR) is 57.8 cm³/mol. The van der Waals surface area contributed by atoms with Crippen molar-refractivity contribution in [3.63, 3.8) is 0 Å². The van der Waals surface area contributed by atoms with Gasteiger partial charge in [-0.2, -0.15) is 0 Å². The molecule has 0 radical (unpaired) electrons. The van der Waals surface area contributed by atoms with Gasteiger partial charge in [-0.3, -0.25) is 0 Å². The quantitative estimate of drug-likeness (QED) is 0.619. The molecule has 0 bridgehead atoms. The summed E-state index contributed by atoms with van der Waals surface area (Å²) < 4.78 is 0. The van der Waals surface area contributed by atoms with E-state index in [2.05, 4.69) is 60.7 Å². The Morgan fingerprint density at radius 3 is 1.44 bits per heavy atom. The van der Waals surface area contributed by atoms with Gasteiger partial charge in [-0.1, -0.05) is 33.6 Å². The second-order valence-corrected chi connectivity index (χ2v) is 13.8. The van der Waals surface area contributed by atoms with Crippen LogP contribution >= 0.6 is 40.0 Å². The Balaban J connectivity index is 0. The number of rotatable bonds is 2. The van der Waals surface area contributed by atoms with Gasteiger partial charge in [-0.15, -0.1) is 0 Å². The van der Waals surface area contributed by atoms with Gasteiger partial charge in [0.25, 0.3) is 0 Å². The molecule has 9 heavy (non-hydrogen) atoms. The Labute approximate surface area is 87.8 Å². The van der Waals surface area contributed by atoms with E-state index in [0.717, 1.165) is 5.92 Å². The molecule has 0 fully saturated rings. The van der Waals surface area contributed by atoms with Crippen molar-refractivity contribution in [3.05, 3.63) is 0 Å². The Hall–Kier alpha value is 2.04. The van der Waals surface area contributed by atoms with Gasteiger partial charge in [0, 0.05) is 0 Å². The number of hydrogen-bond acceptors (Lipinski definition) is 0. The van der Waals surface area contributed by atoms with Crippen LogP contribution in [0.25, 0.3) is 0 Å². The van der Waals surface area contributed by atoms with Gasteiger partial charge in [0.1, 0.15) is 0 Å². The SMILES string of the molecule is CCC(C)CC.[I][V][I]. The van der Waals surface area contributed by atoms with Crippen LogP contribution in [0.4, 0.5) is 0 Å². The van der Waals surface area contributed by atoms with E-state index in [0.29, 0.717) is 9.47 Å². The second kappa shape index (κ2) is 12.7. The summed E-state index contributed by atoms with van der Waals surface area (Å²) >= 11 is 4.74. The van der Waals surface area contributed by atoms with Crippen LogP contribution in [0.1, 0.15) is 33.6 Å². The topological polar surface area (TPSA) is 0 Å². The van der Waals surface area contributed by atoms with E-state index in [4.69, 9.17) is 0 Å².